The van der Waals surface area contributed by atoms with Crippen molar-refractivity contribution in [2.45, 2.75) is 44.6 Å². The summed E-state index contributed by atoms with van der Waals surface area (Å²) >= 11 is 0. The summed E-state index contributed by atoms with van der Waals surface area (Å²) in [6.45, 7) is 1.24. The number of rotatable bonds is 3. The van der Waals surface area contributed by atoms with E-state index in [1.165, 1.54) is 7.11 Å². The molecule has 2 fully saturated rings. The Bertz CT molecular complexity index is 346. The second kappa shape index (κ2) is 6.37. The number of hydrogen-bond acceptors (Lipinski definition) is 4. The smallest absolute Gasteiger partial charge is 0.328 e. The number of esters is 1. The van der Waals surface area contributed by atoms with Crippen molar-refractivity contribution < 1.29 is 14.3 Å². The first kappa shape index (κ1) is 14.3. The average Bonchev–Trinajstić information content (AvgIpc) is 2.95. The topological polar surface area (TPSA) is 72.6 Å². The maximum Gasteiger partial charge on any atom is 0.328 e. The molecule has 0 aromatic carbocycles. The molecule has 2 N–H and O–H groups in total. The number of nitrogens with zero attached hydrogens (tertiary/aromatic N) is 1. The van der Waals surface area contributed by atoms with Crippen LogP contribution in [-0.2, 0) is 14.3 Å². The molecule has 1 saturated carbocycles. The number of amides is 1. The highest BCUT2D eigenvalue weighted by atomic mass is 16.5. The van der Waals surface area contributed by atoms with Gasteiger partial charge in [0.1, 0.15) is 6.04 Å². The second-order valence-corrected chi connectivity index (χ2v) is 5.60. The van der Waals surface area contributed by atoms with Crippen molar-refractivity contribution in [2.75, 3.05) is 20.2 Å². The lowest BCUT2D eigenvalue weighted by Crippen LogP contribution is -2.47. The van der Waals surface area contributed by atoms with E-state index in [0.29, 0.717) is 13.1 Å². The van der Waals surface area contributed by atoms with Gasteiger partial charge in [-0.2, -0.15) is 0 Å². The largest absolute Gasteiger partial charge is 0.467 e. The molecule has 5 nitrogen and oxygen atoms in total. The van der Waals surface area contributed by atoms with Crippen molar-refractivity contribution in [1.82, 2.24) is 4.90 Å². The maximum absolute atomic E-state index is 12.7. The van der Waals surface area contributed by atoms with Crippen molar-refractivity contribution in [3.8, 4) is 0 Å². The third-order valence-corrected chi connectivity index (χ3v) is 4.54. The lowest BCUT2D eigenvalue weighted by Gasteiger charge is -2.34. The molecule has 0 aromatic heterocycles. The molecule has 0 bridgehead atoms. The van der Waals surface area contributed by atoms with E-state index in [1.807, 2.05) is 0 Å². The van der Waals surface area contributed by atoms with Crippen LogP contribution in [0, 0.1) is 11.8 Å². The van der Waals surface area contributed by atoms with Crippen molar-refractivity contribution in [3.63, 3.8) is 0 Å². The molecule has 0 aromatic rings. The Morgan fingerprint density at radius 3 is 2.63 bits per heavy atom. The zero-order valence-corrected chi connectivity index (χ0v) is 11.6. The molecule has 1 aliphatic heterocycles. The second-order valence-electron chi connectivity index (χ2n) is 5.60. The van der Waals surface area contributed by atoms with E-state index in [0.717, 1.165) is 38.5 Å². The molecular weight excluding hydrogens is 244 g/mol. The molecule has 3 atom stereocenters. The molecule has 5 heteroatoms. The van der Waals surface area contributed by atoms with E-state index in [9.17, 15) is 9.59 Å². The van der Waals surface area contributed by atoms with E-state index in [4.69, 9.17) is 10.5 Å². The molecule has 1 saturated heterocycles. The molecule has 1 heterocycles. The number of carbonyl (C=O) groups excluding carboxylic acids is 2. The van der Waals surface area contributed by atoms with E-state index in [2.05, 4.69) is 0 Å². The summed E-state index contributed by atoms with van der Waals surface area (Å²) in [6, 6.07) is -0.377. The number of hydrogen-bond donors (Lipinski definition) is 1. The van der Waals surface area contributed by atoms with Crippen LogP contribution >= 0.6 is 0 Å². The van der Waals surface area contributed by atoms with Gasteiger partial charge >= 0.3 is 5.97 Å². The first-order valence-corrected chi connectivity index (χ1v) is 7.27. The van der Waals surface area contributed by atoms with Crippen molar-refractivity contribution >= 4 is 11.9 Å². The fourth-order valence-electron chi connectivity index (χ4n) is 3.44. The van der Waals surface area contributed by atoms with E-state index in [-0.39, 0.29) is 29.8 Å². The van der Waals surface area contributed by atoms with E-state index in [1.54, 1.807) is 4.90 Å². The Morgan fingerprint density at radius 1 is 1.21 bits per heavy atom. The van der Waals surface area contributed by atoms with Gasteiger partial charge in [0, 0.05) is 12.5 Å². The van der Waals surface area contributed by atoms with Crippen LogP contribution in [0.15, 0.2) is 0 Å². The van der Waals surface area contributed by atoms with Gasteiger partial charge in [-0.05, 0) is 38.1 Å². The van der Waals surface area contributed by atoms with Gasteiger partial charge in [-0.15, -0.1) is 0 Å². The molecule has 3 unspecified atom stereocenters. The summed E-state index contributed by atoms with van der Waals surface area (Å²) in [5, 5.41) is 0. The monoisotopic (exact) mass is 268 g/mol. The fraction of sp³-hybridized carbons (Fsp3) is 0.857. The molecule has 19 heavy (non-hydrogen) atoms. The van der Waals surface area contributed by atoms with Crippen LogP contribution in [0.25, 0.3) is 0 Å². The molecule has 108 valence electrons. The molecule has 0 spiro atoms. The molecular formula is C14H24N2O3. The average molecular weight is 268 g/mol. The number of methoxy groups -OCH3 is 1. The number of nitrogens with two attached hydrogens (primary N) is 1. The third-order valence-electron chi connectivity index (χ3n) is 4.54. The molecule has 2 aliphatic rings. The van der Waals surface area contributed by atoms with E-state index < -0.39 is 0 Å². The predicted molar refractivity (Wildman–Crippen MR) is 71.3 cm³/mol. The summed E-state index contributed by atoms with van der Waals surface area (Å²) in [6.07, 6.45) is 5.79. The first-order valence-electron chi connectivity index (χ1n) is 7.27. The minimum absolute atomic E-state index is 0.00371. The minimum atomic E-state index is -0.377. The summed E-state index contributed by atoms with van der Waals surface area (Å²) < 4.78 is 4.80. The van der Waals surface area contributed by atoms with Crippen LogP contribution < -0.4 is 5.73 Å². The minimum Gasteiger partial charge on any atom is -0.467 e. The van der Waals surface area contributed by atoms with Crippen molar-refractivity contribution in [1.29, 1.82) is 0 Å². The Balaban J connectivity index is 2.07. The van der Waals surface area contributed by atoms with Gasteiger partial charge in [0.05, 0.1) is 7.11 Å². The molecule has 2 rings (SSSR count). The summed E-state index contributed by atoms with van der Waals surface area (Å²) in [7, 11) is 1.38. The van der Waals surface area contributed by atoms with Gasteiger partial charge in [-0.1, -0.05) is 12.8 Å². The highest BCUT2D eigenvalue weighted by Crippen LogP contribution is 2.33. The zero-order valence-electron chi connectivity index (χ0n) is 11.6. The maximum atomic E-state index is 12.7. The van der Waals surface area contributed by atoms with Crippen molar-refractivity contribution in [3.05, 3.63) is 0 Å². The normalized spacial score (nSPS) is 31.3. The summed E-state index contributed by atoms with van der Waals surface area (Å²) in [5.74, 6) is 0.109. The Kier molecular flexibility index (Phi) is 4.80. The first-order chi connectivity index (χ1) is 9.19. The summed E-state index contributed by atoms with van der Waals surface area (Å²) in [4.78, 5) is 26.1. The van der Waals surface area contributed by atoms with Crippen LogP contribution in [0.5, 0.6) is 0 Å². The Hall–Kier alpha value is -1.10. The quantitative estimate of drug-likeness (QED) is 0.772. The third kappa shape index (κ3) is 2.91. The lowest BCUT2D eigenvalue weighted by molar-refractivity contribution is -0.153. The van der Waals surface area contributed by atoms with Crippen LogP contribution in [-0.4, -0.2) is 43.0 Å². The molecule has 0 radical (unpaired) electrons. The molecule has 1 aliphatic carbocycles. The van der Waals surface area contributed by atoms with Gasteiger partial charge in [0.25, 0.3) is 0 Å². The Morgan fingerprint density at radius 2 is 1.95 bits per heavy atom. The van der Waals surface area contributed by atoms with Crippen LogP contribution in [0.1, 0.15) is 38.5 Å². The van der Waals surface area contributed by atoms with Crippen LogP contribution in [0.2, 0.25) is 0 Å². The van der Waals surface area contributed by atoms with Crippen molar-refractivity contribution in [2.24, 2.45) is 17.6 Å². The lowest BCUT2D eigenvalue weighted by atomic mass is 9.78. The van der Waals surface area contributed by atoms with Crippen LogP contribution in [0.4, 0.5) is 0 Å². The van der Waals surface area contributed by atoms with E-state index >= 15 is 0 Å². The highest BCUT2D eigenvalue weighted by molar-refractivity contribution is 5.86. The number of carbonyl (C=O) groups is 2. The number of ether oxygens (including phenoxy) is 1. The molecule has 1 amide bonds. The van der Waals surface area contributed by atoms with Crippen LogP contribution in [0.3, 0.4) is 0 Å². The van der Waals surface area contributed by atoms with Gasteiger partial charge in [-0.3, -0.25) is 4.79 Å². The Labute approximate surface area is 114 Å². The summed E-state index contributed by atoms with van der Waals surface area (Å²) in [5.41, 5.74) is 5.79. The fourth-order valence-corrected chi connectivity index (χ4v) is 3.44. The predicted octanol–water partition coefficient (Wildman–Crippen LogP) is 0.915. The highest BCUT2D eigenvalue weighted by Gasteiger charge is 2.40. The van der Waals surface area contributed by atoms with Gasteiger partial charge in [-0.25, -0.2) is 4.79 Å². The number of likely N-dealkylation sites (tertiary alicyclic amines) is 1. The zero-order chi connectivity index (χ0) is 13.8. The standard InChI is InChI=1S/C14H24N2O3/c1-19-14(18)12-7-4-8-16(12)13(17)11-6-3-2-5-10(11)9-15/h10-12H,2-9,15H2,1H3. The van der Waals surface area contributed by atoms with Gasteiger partial charge in [0.2, 0.25) is 5.91 Å². The van der Waals surface area contributed by atoms with Gasteiger partial charge in [0.15, 0.2) is 0 Å². The van der Waals surface area contributed by atoms with Gasteiger partial charge < -0.3 is 15.4 Å². The SMILES string of the molecule is COC(=O)C1CCCN1C(=O)C1CCCCC1CN.